The highest BCUT2D eigenvalue weighted by molar-refractivity contribution is 7.12. The average Bonchev–Trinajstić information content (AvgIpc) is 3.13. The van der Waals surface area contributed by atoms with E-state index in [4.69, 9.17) is 5.73 Å². The summed E-state index contributed by atoms with van der Waals surface area (Å²) >= 11 is 1.28. The molecule has 9 nitrogen and oxygen atoms in total. The fraction of sp³-hybridized carbons (Fsp3) is 0.250. The molecule has 0 aliphatic rings. The molecule has 128 valence electrons. The van der Waals surface area contributed by atoms with Crippen LogP contribution in [-0.2, 0) is 16.2 Å². The Morgan fingerprint density at radius 2 is 2.33 bits per heavy atom. The second kappa shape index (κ2) is 7.12. The number of oxime groups is 1. The van der Waals surface area contributed by atoms with E-state index in [1.807, 2.05) is 0 Å². The number of carbonyl (C=O) groups is 1. The van der Waals surface area contributed by atoms with Crippen molar-refractivity contribution in [2.75, 3.05) is 0 Å². The van der Waals surface area contributed by atoms with Crippen LogP contribution in [-0.4, -0.2) is 26.5 Å². The minimum atomic E-state index is -3.14. The van der Waals surface area contributed by atoms with E-state index in [0.717, 1.165) is 4.68 Å². The molecule has 0 atom stereocenters. The van der Waals surface area contributed by atoms with Gasteiger partial charge in [0.2, 0.25) is 5.69 Å². The van der Waals surface area contributed by atoms with Crippen LogP contribution in [0.3, 0.4) is 0 Å². The Balaban J connectivity index is 2.13. The fourth-order valence-corrected chi connectivity index (χ4v) is 2.43. The molecule has 0 aliphatic heterocycles. The number of rotatable bonds is 6. The van der Waals surface area contributed by atoms with Crippen LogP contribution in [0.5, 0.6) is 0 Å². The van der Waals surface area contributed by atoms with E-state index in [1.165, 1.54) is 18.3 Å². The molecule has 2 aromatic heterocycles. The summed E-state index contributed by atoms with van der Waals surface area (Å²) in [5.74, 6) is -0.995. The van der Waals surface area contributed by atoms with Gasteiger partial charge >= 0.3 is 11.7 Å². The number of nitro groups is 1. The van der Waals surface area contributed by atoms with Gasteiger partial charge in [-0.25, -0.2) is 13.6 Å². The third-order valence-corrected chi connectivity index (χ3v) is 3.78. The molecule has 24 heavy (non-hydrogen) atoms. The lowest BCUT2D eigenvalue weighted by molar-refractivity contribution is -0.386. The van der Waals surface area contributed by atoms with Crippen molar-refractivity contribution in [3.8, 4) is 0 Å². The Labute approximate surface area is 137 Å². The first-order valence-electron chi connectivity index (χ1n) is 6.38. The predicted octanol–water partition coefficient (Wildman–Crippen LogP) is 1.96. The van der Waals surface area contributed by atoms with Crippen LogP contribution in [0.25, 0.3) is 0 Å². The van der Waals surface area contributed by atoms with E-state index in [1.54, 1.807) is 17.5 Å². The van der Waals surface area contributed by atoms with Crippen molar-refractivity contribution in [2.45, 2.75) is 19.9 Å². The van der Waals surface area contributed by atoms with Gasteiger partial charge in [0.25, 0.3) is 6.43 Å². The van der Waals surface area contributed by atoms with Gasteiger partial charge in [0.05, 0.1) is 9.80 Å². The molecule has 0 radical (unpaired) electrons. The second-order valence-corrected chi connectivity index (χ2v) is 5.40. The van der Waals surface area contributed by atoms with E-state index >= 15 is 0 Å². The number of carbonyl (C=O) groups excluding carboxylic acids is 1. The lowest BCUT2D eigenvalue weighted by atomic mass is 10.3. The number of halogens is 2. The van der Waals surface area contributed by atoms with Gasteiger partial charge in [-0.05, 0) is 18.4 Å². The van der Waals surface area contributed by atoms with Crippen molar-refractivity contribution in [3.05, 3.63) is 43.9 Å². The highest BCUT2D eigenvalue weighted by Crippen LogP contribution is 2.30. The van der Waals surface area contributed by atoms with Gasteiger partial charge in [-0.15, -0.1) is 11.3 Å². The number of amidine groups is 1. The Kier molecular flexibility index (Phi) is 5.18. The molecule has 12 heteroatoms. The number of aromatic nitrogens is 2. The molecule has 0 aliphatic carbocycles. The topological polar surface area (TPSA) is 126 Å². The molecule has 2 rings (SSSR count). The quantitative estimate of drug-likeness (QED) is 0.276. The lowest BCUT2D eigenvalue weighted by Crippen LogP contribution is -2.17. The van der Waals surface area contributed by atoms with Crippen LogP contribution < -0.4 is 5.73 Å². The number of thiophene rings is 1. The zero-order valence-corrected chi connectivity index (χ0v) is 13.0. The summed E-state index contributed by atoms with van der Waals surface area (Å²) in [6.45, 7) is 0.578. The summed E-state index contributed by atoms with van der Waals surface area (Å²) in [6, 6.07) is 3.38. The van der Waals surface area contributed by atoms with Crippen LogP contribution in [0, 0.1) is 17.0 Å². The van der Waals surface area contributed by atoms with E-state index in [-0.39, 0.29) is 11.5 Å². The van der Waals surface area contributed by atoms with Crippen molar-refractivity contribution < 1.29 is 23.3 Å². The first kappa shape index (κ1) is 17.5. The molecule has 2 N–H and O–H groups in total. The fourth-order valence-electron chi connectivity index (χ4n) is 1.81. The minimum absolute atomic E-state index is 0.0326. The standard InChI is InChI=1S/C12H11F2N5O4S/c1-6-10(19(21)22)9(11(13)14)16-18(6)5-8(20)23-17-12(15)7-3-2-4-24-7/h2-4,11H,5H2,1H3,(H2,15,17). The highest BCUT2D eigenvalue weighted by atomic mass is 32.1. The maximum Gasteiger partial charge on any atom is 0.356 e. The van der Waals surface area contributed by atoms with Crippen molar-refractivity contribution in [1.29, 1.82) is 0 Å². The smallest absolute Gasteiger partial charge is 0.356 e. The maximum atomic E-state index is 12.8. The molecule has 2 aromatic rings. The van der Waals surface area contributed by atoms with Crippen molar-refractivity contribution in [3.63, 3.8) is 0 Å². The first-order chi connectivity index (χ1) is 11.3. The highest BCUT2D eigenvalue weighted by Gasteiger charge is 2.31. The molecule has 0 aromatic carbocycles. The zero-order valence-electron chi connectivity index (χ0n) is 12.2. The summed E-state index contributed by atoms with van der Waals surface area (Å²) in [5.41, 5.74) is 3.56. The van der Waals surface area contributed by atoms with Gasteiger partial charge in [-0.3, -0.25) is 14.8 Å². The summed E-state index contributed by atoms with van der Waals surface area (Å²) < 4.78 is 26.4. The van der Waals surface area contributed by atoms with Crippen LogP contribution in [0.2, 0.25) is 0 Å². The summed E-state index contributed by atoms with van der Waals surface area (Å²) in [6.07, 6.45) is -3.14. The molecule has 0 bridgehead atoms. The molecular weight excluding hydrogens is 348 g/mol. The summed E-state index contributed by atoms with van der Waals surface area (Å²) in [5, 5.41) is 19.4. The average molecular weight is 359 g/mol. The molecule has 0 spiro atoms. The Morgan fingerprint density at radius 1 is 1.62 bits per heavy atom. The summed E-state index contributed by atoms with van der Waals surface area (Å²) in [4.78, 5) is 26.7. The van der Waals surface area contributed by atoms with Crippen molar-refractivity contribution in [2.24, 2.45) is 10.9 Å². The Bertz CT molecular complexity index is 788. The van der Waals surface area contributed by atoms with E-state index < -0.39 is 35.2 Å². The number of nitrogens with two attached hydrogens (primary N) is 1. The lowest BCUT2D eigenvalue weighted by Gasteiger charge is -2.01. The van der Waals surface area contributed by atoms with Crippen LogP contribution in [0.4, 0.5) is 14.5 Å². The van der Waals surface area contributed by atoms with E-state index in [0.29, 0.717) is 4.88 Å². The largest absolute Gasteiger partial charge is 0.380 e. The SMILES string of the molecule is Cc1c([N+](=O)[O-])c(C(F)F)nn1CC(=O)O/N=C(\N)c1cccs1. The molecule has 0 amide bonds. The van der Waals surface area contributed by atoms with Gasteiger partial charge in [0.1, 0.15) is 12.2 Å². The number of hydrogen-bond donors (Lipinski definition) is 1. The van der Waals surface area contributed by atoms with Gasteiger partial charge in [-0.1, -0.05) is 11.2 Å². The number of alkyl halides is 2. The number of hydrogen-bond acceptors (Lipinski definition) is 7. The molecule has 2 heterocycles. The predicted molar refractivity (Wildman–Crippen MR) is 79.7 cm³/mol. The van der Waals surface area contributed by atoms with Crippen molar-refractivity contribution >= 4 is 28.8 Å². The normalized spacial score (nSPS) is 11.8. The monoisotopic (exact) mass is 359 g/mol. The molecule has 0 unspecified atom stereocenters. The third-order valence-electron chi connectivity index (χ3n) is 2.89. The first-order valence-corrected chi connectivity index (χ1v) is 7.26. The van der Waals surface area contributed by atoms with Gasteiger partial charge in [-0.2, -0.15) is 5.10 Å². The zero-order chi connectivity index (χ0) is 17.9. The molecular formula is C12H11F2N5O4S. The maximum absolute atomic E-state index is 12.8. The van der Waals surface area contributed by atoms with Gasteiger partial charge in [0.15, 0.2) is 5.84 Å². The molecule has 0 fully saturated rings. The Hall–Kier alpha value is -2.89. The van der Waals surface area contributed by atoms with Crippen LogP contribution in [0.15, 0.2) is 22.7 Å². The third kappa shape index (κ3) is 3.71. The minimum Gasteiger partial charge on any atom is -0.380 e. The second-order valence-electron chi connectivity index (χ2n) is 4.45. The number of nitrogens with zero attached hydrogens (tertiary/aromatic N) is 4. The van der Waals surface area contributed by atoms with E-state index in [2.05, 4.69) is 15.1 Å². The van der Waals surface area contributed by atoms with Crippen LogP contribution >= 0.6 is 11.3 Å². The van der Waals surface area contributed by atoms with E-state index in [9.17, 15) is 23.7 Å². The summed E-state index contributed by atoms with van der Waals surface area (Å²) in [7, 11) is 0. The van der Waals surface area contributed by atoms with Gasteiger partial charge in [0, 0.05) is 0 Å². The van der Waals surface area contributed by atoms with Crippen LogP contribution in [0.1, 0.15) is 22.7 Å². The molecule has 0 saturated heterocycles. The van der Waals surface area contributed by atoms with Crippen molar-refractivity contribution in [1.82, 2.24) is 9.78 Å². The Morgan fingerprint density at radius 3 is 2.83 bits per heavy atom. The molecule has 0 saturated carbocycles. The van der Waals surface area contributed by atoms with Gasteiger partial charge < -0.3 is 10.6 Å².